The van der Waals surface area contributed by atoms with Crippen molar-refractivity contribution >= 4 is 0 Å². The Morgan fingerprint density at radius 3 is 2.53 bits per heavy atom. The zero-order valence-corrected chi connectivity index (χ0v) is 10.8. The second kappa shape index (κ2) is 5.28. The van der Waals surface area contributed by atoms with E-state index in [1.165, 1.54) is 25.8 Å². The smallest absolute Gasteiger partial charge is 0.0186 e. The molecule has 2 N–H and O–H groups in total. The number of hydrogen-bond donors (Lipinski definition) is 1. The molecule has 0 bridgehead atoms. The van der Waals surface area contributed by atoms with Crippen LogP contribution in [0.15, 0.2) is 0 Å². The summed E-state index contributed by atoms with van der Waals surface area (Å²) in [4.78, 5) is 2.43. The van der Waals surface area contributed by atoms with Crippen molar-refractivity contribution in [3.63, 3.8) is 0 Å². The highest BCUT2D eigenvalue weighted by molar-refractivity contribution is 4.87. The molecule has 90 valence electrons. The molecule has 1 unspecified atom stereocenters. The van der Waals surface area contributed by atoms with E-state index >= 15 is 0 Å². The van der Waals surface area contributed by atoms with E-state index in [-0.39, 0.29) is 0 Å². The SMILES string of the molecule is CCC1(CCN(C)C(C)C)CCN(N)C1. The minimum absolute atomic E-state index is 0.484. The van der Waals surface area contributed by atoms with Crippen molar-refractivity contribution in [2.45, 2.75) is 46.1 Å². The molecule has 1 atom stereocenters. The maximum Gasteiger partial charge on any atom is 0.0186 e. The highest BCUT2D eigenvalue weighted by Crippen LogP contribution is 2.36. The molecule has 0 aliphatic carbocycles. The lowest BCUT2D eigenvalue weighted by molar-refractivity contribution is 0.182. The van der Waals surface area contributed by atoms with Gasteiger partial charge in [0.2, 0.25) is 0 Å². The van der Waals surface area contributed by atoms with Crippen LogP contribution in [-0.2, 0) is 0 Å². The summed E-state index contributed by atoms with van der Waals surface area (Å²) in [7, 11) is 2.21. The molecule has 0 amide bonds. The summed E-state index contributed by atoms with van der Waals surface area (Å²) in [6.45, 7) is 10.1. The molecule has 1 saturated heterocycles. The fourth-order valence-electron chi connectivity index (χ4n) is 2.31. The van der Waals surface area contributed by atoms with Gasteiger partial charge in [-0.1, -0.05) is 6.92 Å². The predicted octanol–water partition coefficient (Wildman–Crippen LogP) is 1.69. The molecule has 1 aliphatic heterocycles. The van der Waals surface area contributed by atoms with Crippen LogP contribution in [-0.4, -0.2) is 42.6 Å². The van der Waals surface area contributed by atoms with E-state index in [9.17, 15) is 0 Å². The van der Waals surface area contributed by atoms with E-state index in [0.717, 1.165) is 13.1 Å². The van der Waals surface area contributed by atoms with Crippen LogP contribution in [0.25, 0.3) is 0 Å². The monoisotopic (exact) mass is 213 g/mol. The third-order valence-electron chi connectivity index (χ3n) is 4.09. The summed E-state index contributed by atoms with van der Waals surface area (Å²) in [5.74, 6) is 5.87. The Hall–Kier alpha value is -0.120. The molecule has 15 heavy (non-hydrogen) atoms. The molecule has 0 saturated carbocycles. The van der Waals surface area contributed by atoms with Crippen molar-refractivity contribution in [1.29, 1.82) is 0 Å². The summed E-state index contributed by atoms with van der Waals surface area (Å²) < 4.78 is 0. The molecule has 1 aliphatic rings. The van der Waals surface area contributed by atoms with Gasteiger partial charge < -0.3 is 4.90 Å². The van der Waals surface area contributed by atoms with Gasteiger partial charge in [-0.3, -0.25) is 5.84 Å². The topological polar surface area (TPSA) is 32.5 Å². The van der Waals surface area contributed by atoms with Gasteiger partial charge in [-0.15, -0.1) is 0 Å². The van der Waals surface area contributed by atoms with E-state index in [2.05, 4.69) is 32.7 Å². The first-order valence-corrected chi connectivity index (χ1v) is 6.19. The standard InChI is InChI=1S/C12H27N3/c1-5-12(7-9-15(13)10-12)6-8-14(4)11(2)3/h11H,5-10,13H2,1-4H3. The van der Waals surface area contributed by atoms with Crippen LogP contribution in [0.3, 0.4) is 0 Å². The van der Waals surface area contributed by atoms with Gasteiger partial charge in [0.15, 0.2) is 0 Å². The molecule has 3 heteroatoms. The van der Waals surface area contributed by atoms with Gasteiger partial charge in [-0.05, 0) is 52.1 Å². The Morgan fingerprint density at radius 2 is 2.13 bits per heavy atom. The second-order valence-electron chi connectivity index (χ2n) is 5.40. The van der Waals surface area contributed by atoms with Crippen LogP contribution in [0.1, 0.15) is 40.0 Å². The van der Waals surface area contributed by atoms with Crippen molar-refractivity contribution in [3.05, 3.63) is 0 Å². The average Bonchev–Trinajstić information content (AvgIpc) is 2.57. The maximum absolute atomic E-state index is 5.87. The van der Waals surface area contributed by atoms with Gasteiger partial charge in [-0.2, -0.15) is 0 Å². The van der Waals surface area contributed by atoms with E-state index in [4.69, 9.17) is 5.84 Å². The highest BCUT2D eigenvalue weighted by atomic mass is 15.4. The van der Waals surface area contributed by atoms with Gasteiger partial charge in [-0.25, -0.2) is 5.01 Å². The van der Waals surface area contributed by atoms with E-state index in [1.807, 2.05) is 5.01 Å². The summed E-state index contributed by atoms with van der Waals surface area (Å²) in [6, 6.07) is 0.647. The lowest BCUT2D eigenvalue weighted by atomic mass is 9.81. The Kier molecular flexibility index (Phi) is 4.56. The largest absolute Gasteiger partial charge is 0.304 e. The fraction of sp³-hybridized carbons (Fsp3) is 1.00. The fourth-order valence-corrected chi connectivity index (χ4v) is 2.31. The molecule has 1 fully saturated rings. The van der Waals surface area contributed by atoms with Crippen LogP contribution in [0.2, 0.25) is 0 Å². The van der Waals surface area contributed by atoms with Crippen molar-refractivity contribution < 1.29 is 0 Å². The molecule has 0 radical (unpaired) electrons. The quantitative estimate of drug-likeness (QED) is 0.705. The van der Waals surface area contributed by atoms with E-state index < -0.39 is 0 Å². The van der Waals surface area contributed by atoms with Gasteiger partial charge in [0.25, 0.3) is 0 Å². The van der Waals surface area contributed by atoms with Crippen molar-refractivity contribution in [1.82, 2.24) is 9.91 Å². The van der Waals surface area contributed by atoms with Gasteiger partial charge in [0.1, 0.15) is 0 Å². The van der Waals surface area contributed by atoms with Crippen LogP contribution in [0.4, 0.5) is 0 Å². The third-order valence-corrected chi connectivity index (χ3v) is 4.09. The van der Waals surface area contributed by atoms with Gasteiger partial charge >= 0.3 is 0 Å². The Labute approximate surface area is 94.6 Å². The molecular formula is C12H27N3. The molecule has 0 aromatic heterocycles. The second-order valence-corrected chi connectivity index (χ2v) is 5.40. The minimum Gasteiger partial charge on any atom is -0.304 e. The zero-order valence-electron chi connectivity index (χ0n) is 10.8. The minimum atomic E-state index is 0.484. The lowest BCUT2D eigenvalue weighted by Gasteiger charge is -2.31. The maximum atomic E-state index is 5.87. The van der Waals surface area contributed by atoms with Crippen LogP contribution >= 0.6 is 0 Å². The number of hydrazine groups is 1. The average molecular weight is 213 g/mol. The first kappa shape index (κ1) is 12.9. The predicted molar refractivity (Wildman–Crippen MR) is 65.5 cm³/mol. The molecular weight excluding hydrogens is 186 g/mol. The van der Waals surface area contributed by atoms with Crippen molar-refractivity contribution in [2.24, 2.45) is 11.3 Å². The Bertz CT molecular complexity index is 193. The highest BCUT2D eigenvalue weighted by Gasteiger charge is 2.35. The molecule has 3 nitrogen and oxygen atoms in total. The number of rotatable bonds is 5. The zero-order chi connectivity index (χ0) is 11.5. The number of nitrogens with zero attached hydrogens (tertiary/aromatic N) is 2. The van der Waals surface area contributed by atoms with Crippen LogP contribution in [0, 0.1) is 5.41 Å². The van der Waals surface area contributed by atoms with Gasteiger partial charge in [0, 0.05) is 19.1 Å². The normalized spacial score (nSPS) is 28.2. The summed E-state index contributed by atoms with van der Waals surface area (Å²) >= 11 is 0. The lowest BCUT2D eigenvalue weighted by Crippen LogP contribution is -2.35. The summed E-state index contributed by atoms with van der Waals surface area (Å²) in [5, 5.41) is 1.98. The van der Waals surface area contributed by atoms with E-state index in [0.29, 0.717) is 11.5 Å². The van der Waals surface area contributed by atoms with Gasteiger partial charge in [0.05, 0.1) is 0 Å². The number of nitrogens with two attached hydrogens (primary N) is 1. The molecule has 1 heterocycles. The first-order chi connectivity index (χ1) is 6.99. The van der Waals surface area contributed by atoms with E-state index in [1.54, 1.807) is 0 Å². The van der Waals surface area contributed by atoms with Crippen LogP contribution in [0.5, 0.6) is 0 Å². The third kappa shape index (κ3) is 3.44. The molecule has 0 aromatic rings. The molecule has 0 aromatic carbocycles. The Balaban J connectivity index is 2.41. The first-order valence-electron chi connectivity index (χ1n) is 6.19. The van der Waals surface area contributed by atoms with Crippen molar-refractivity contribution in [2.75, 3.05) is 26.7 Å². The molecule has 1 rings (SSSR count). The van der Waals surface area contributed by atoms with Crippen LogP contribution < -0.4 is 5.84 Å². The van der Waals surface area contributed by atoms with Crippen molar-refractivity contribution in [3.8, 4) is 0 Å². The number of hydrogen-bond acceptors (Lipinski definition) is 3. The summed E-state index contributed by atoms with van der Waals surface area (Å²) in [6.07, 6.45) is 3.81. The Morgan fingerprint density at radius 1 is 1.47 bits per heavy atom. The molecule has 0 spiro atoms. The summed E-state index contributed by atoms with van der Waals surface area (Å²) in [5.41, 5.74) is 0.484.